The zero-order valence-corrected chi connectivity index (χ0v) is 19.9. The quantitative estimate of drug-likeness (QED) is 0.149. The zero-order chi connectivity index (χ0) is 25.9. The fourth-order valence-corrected chi connectivity index (χ4v) is 4.03. The van der Waals surface area contributed by atoms with Gasteiger partial charge in [-0.15, -0.1) is 0 Å². The summed E-state index contributed by atoms with van der Waals surface area (Å²) in [6.45, 7) is 0.240. The second-order valence-corrected chi connectivity index (χ2v) is 8.45. The first-order chi connectivity index (χ1) is 17.3. The van der Waals surface area contributed by atoms with Crippen LogP contribution in [-0.4, -0.2) is 40.5 Å². The minimum Gasteiger partial charge on any atom is -0.480 e. The monoisotopic (exact) mass is 489 g/mol. The van der Waals surface area contributed by atoms with Crippen LogP contribution in [0.3, 0.4) is 0 Å². The lowest BCUT2D eigenvalue weighted by Crippen LogP contribution is -2.42. The Labute approximate surface area is 209 Å². The number of hydrogen-bond donors (Lipinski definition) is 5. The number of rotatable bonds is 12. The highest BCUT2D eigenvalue weighted by Gasteiger charge is 2.22. The first-order valence-electron chi connectivity index (χ1n) is 11.8. The Morgan fingerprint density at radius 2 is 1.53 bits per heavy atom. The summed E-state index contributed by atoms with van der Waals surface area (Å²) in [7, 11) is 0. The first-order valence-corrected chi connectivity index (χ1v) is 11.8. The average Bonchev–Trinajstić information content (AvgIpc) is 2.87. The number of hydrogen-bond acceptors (Lipinski definition) is 4. The summed E-state index contributed by atoms with van der Waals surface area (Å²) in [5.41, 5.74) is 12.9. The van der Waals surface area contributed by atoms with Crippen molar-refractivity contribution in [1.82, 2.24) is 10.3 Å². The molecule has 0 fully saturated rings. The van der Waals surface area contributed by atoms with Gasteiger partial charge in [0.25, 0.3) is 11.5 Å². The molecule has 0 saturated heterocycles. The van der Waals surface area contributed by atoms with Gasteiger partial charge < -0.3 is 26.9 Å². The predicted molar refractivity (Wildman–Crippen MR) is 139 cm³/mol. The minimum absolute atomic E-state index is 0.0867. The van der Waals surface area contributed by atoms with Crippen LogP contribution in [0.25, 0.3) is 0 Å². The van der Waals surface area contributed by atoms with Crippen LogP contribution >= 0.6 is 0 Å². The molecule has 3 aromatic rings. The number of aromatic amines is 1. The average molecular weight is 490 g/mol. The number of guanidine groups is 1. The van der Waals surface area contributed by atoms with Gasteiger partial charge in [-0.05, 0) is 48.9 Å². The number of nitrogens with one attached hydrogen (secondary N) is 2. The molecule has 1 amide bonds. The minimum atomic E-state index is -1.20. The summed E-state index contributed by atoms with van der Waals surface area (Å²) in [4.78, 5) is 43.4. The number of carbonyl (C=O) groups excluding carboxylic acids is 1. The molecular formula is C27H31N5O4. The molecule has 0 bridgehead atoms. The molecule has 9 nitrogen and oxygen atoms in total. The van der Waals surface area contributed by atoms with Crippen molar-refractivity contribution in [3.05, 3.63) is 106 Å². The highest BCUT2D eigenvalue weighted by Crippen LogP contribution is 2.28. The Hall–Kier alpha value is -4.40. The lowest BCUT2D eigenvalue weighted by Gasteiger charge is -2.18. The van der Waals surface area contributed by atoms with E-state index in [-0.39, 0.29) is 30.4 Å². The van der Waals surface area contributed by atoms with Crippen LogP contribution in [0.5, 0.6) is 0 Å². The molecule has 36 heavy (non-hydrogen) atoms. The van der Waals surface area contributed by atoms with Crippen molar-refractivity contribution in [3.63, 3.8) is 0 Å². The summed E-state index contributed by atoms with van der Waals surface area (Å²) in [5, 5.41) is 11.8. The molecule has 0 unspecified atom stereocenters. The largest absolute Gasteiger partial charge is 0.480 e. The number of carbonyl (C=O) groups is 2. The maximum atomic E-state index is 12.6. The summed E-state index contributed by atoms with van der Waals surface area (Å²) in [5.74, 6) is -1.89. The van der Waals surface area contributed by atoms with Crippen LogP contribution in [0.1, 0.15) is 52.4 Å². The number of nitrogens with two attached hydrogens (primary N) is 2. The molecule has 1 aromatic heterocycles. The van der Waals surface area contributed by atoms with Gasteiger partial charge in [-0.3, -0.25) is 14.6 Å². The van der Waals surface area contributed by atoms with E-state index in [1.165, 1.54) is 17.2 Å². The van der Waals surface area contributed by atoms with Gasteiger partial charge in [0.1, 0.15) is 11.6 Å². The number of aryl methyl sites for hydroxylation is 1. The molecule has 0 spiro atoms. The molecule has 1 atom stereocenters. The third-order valence-corrected chi connectivity index (χ3v) is 5.87. The van der Waals surface area contributed by atoms with Gasteiger partial charge in [0.15, 0.2) is 5.96 Å². The smallest absolute Gasteiger partial charge is 0.326 e. The molecular weight excluding hydrogens is 458 g/mol. The maximum Gasteiger partial charge on any atom is 0.326 e. The molecule has 0 saturated carbocycles. The second-order valence-electron chi connectivity index (χ2n) is 8.45. The van der Waals surface area contributed by atoms with Gasteiger partial charge in [-0.2, -0.15) is 0 Å². The third kappa shape index (κ3) is 7.56. The molecule has 0 aliphatic carbocycles. The number of aliphatic carboxylic acids is 1. The van der Waals surface area contributed by atoms with Crippen molar-refractivity contribution in [2.45, 2.75) is 37.6 Å². The van der Waals surface area contributed by atoms with E-state index in [4.69, 9.17) is 11.5 Å². The summed E-state index contributed by atoms with van der Waals surface area (Å²) < 4.78 is 0. The van der Waals surface area contributed by atoms with Gasteiger partial charge in [-0.25, -0.2) is 4.79 Å². The zero-order valence-electron chi connectivity index (χ0n) is 19.9. The number of benzene rings is 2. The standard InChI is InChI=1S/C27H31N5O4/c28-27(29)30-17-7-12-23(26(35)36)32-25(34)22-16-14-20(31-24(22)33)13-15-21(18-8-3-1-4-9-18)19-10-5-2-6-11-19/h1-6,8-11,14,16,21,23H,7,12-13,15,17H2,(H,31,33)(H,32,34)(H,35,36)(H4,28,29,30)/t23-/m0/s1. The molecule has 1 heterocycles. The SMILES string of the molecule is NC(N)=NCCC[C@H](NC(=O)c1ccc(CCC(c2ccccc2)c2ccccc2)[nH]c1=O)C(=O)O. The van der Waals surface area contributed by atoms with E-state index in [0.717, 1.165) is 6.42 Å². The van der Waals surface area contributed by atoms with Gasteiger partial charge in [0, 0.05) is 18.2 Å². The topological polar surface area (TPSA) is 164 Å². The number of aromatic nitrogens is 1. The Morgan fingerprint density at radius 1 is 0.917 bits per heavy atom. The van der Waals surface area contributed by atoms with E-state index < -0.39 is 23.5 Å². The molecule has 7 N–H and O–H groups in total. The first kappa shape index (κ1) is 26.2. The van der Waals surface area contributed by atoms with Gasteiger partial charge in [-0.1, -0.05) is 60.7 Å². The van der Waals surface area contributed by atoms with Crippen molar-refractivity contribution >= 4 is 17.8 Å². The van der Waals surface area contributed by atoms with E-state index in [2.05, 4.69) is 39.6 Å². The summed E-state index contributed by atoms with van der Waals surface area (Å²) >= 11 is 0. The van der Waals surface area contributed by atoms with Crippen LogP contribution in [0.4, 0.5) is 0 Å². The lowest BCUT2D eigenvalue weighted by atomic mass is 9.87. The normalized spacial score (nSPS) is 11.6. The molecule has 0 aliphatic heterocycles. The highest BCUT2D eigenvalue weighted by molar-refractivity contribution is 5.96. The number of pyridine rings is 1. The third-order valence-electron chi connectivity index (χ3n) is 5.87. The van der Waals surface area contributed by atoms with Crippen LogP contribution in [0.15, 0.2) is 82.6 Å². The lowest BCUT2D eigenvalue weighted by molar-refractivity contribution is -0.139. The number of amides is 1. The number of nitrogens with zero attached hydrogens (tertiary/aromatic N) is 1. The van der Waals surface area contributed by atoms with Gasteiger partial charge in [0.05, 0.1) is 0 Å². The fraction of sp³-hybridized carbons (Fsp3) is 0.259. The Morgan fingerprint density at radius 3 is 2.06 bits per heavy atom. The number of aliphatic imine (C=N–C) groups is 1. The van der Waals surface area contributed by atoms with Crippen molar-refractivity contribution in [2.24, 2.45) is 16.5 Å². The highest BCUT2D eigenvalue weighted by atomic mass is 16.4. The molecule has 0 radical (unpaired) electrons. The Bertz CT molecular complexity index is 1200. The number of carboxylic acids is 1. The summed E-state index contributed by atoms with van der Waals surface area (Å²) in [6, 6.07) is 22.3. The van der Waals surface area contributed by atoms with E-state index in [9.17, 15) is 19.5 Å². The van der Waals surface area contributed by atoms with Crippen molar-refractivity contribution in [1.29, 1.82) is 0 Å². The van der Waals surface area contributed by atoms with E-state index in [0.29, 0.717) is 18.5 Å². The van der Waals surface area contributed by atoms with Crippen molar-refractivity contribution in [2.75, 3.05) is 6.54 Å². The van der Waals surface area contributed by atoms with E-state index in [1.54, 1.807) is 6.07 Å². The predicted octanol–water partition coefficient (Wildman–Crippen LogP) is 2.38. The number of H-pyrrole nitrogens is 1. The molecule has 3 rings (SSSR count). The van der Waals surface area contributed by atoms with Gasteiger partial charge in [0.2, 0.25) is 0 Å². The Kier molecular flexibility index (Phi) is 9.39. The van der Waals surface area contributed by atoms with Crippen LogP contribution in [0.2, 0.25) is 0 Å². The van der Waals surface area contributed by atoms with Crippen LogP contribution in [-0.2, 0) is 11.2 Å². The van der Waals surface area contributed by atoms with Gasteiger partial charge >= 0.3 is 5.97 Å². The van der Waals surface area contributed by atoms with Crippen LogP contribution in [0, 0.1) is 0 Å². The number of carboxylic acid groups (broad SMARTS) is 1. The Balaban J connectivity index is 1.67. The second kappa shape index (κ2) is 12.9. The van der Waals surface area contributed by atoms with Crippen molar-refractivity contribution in [3.8, 4) is 0 Å². The molecule has 0 aliphatic rings. The van der Waals surface area contributed by atoms with E-state index in [1.807, 2.05) is 36.4 Å². The fourth-order valence-electron chi connectivity index (χ4n) is 4.03. The maximum absolute atomic E-state index is 12.6. The molecule has 9 heteroatoms. The molecule has 2 aromatic carbocycles. The summed E-state index contributed by atoms with van der Waals surface area (Å²) in [6.07, 6.45) is 1.82. The van der Waals surface area contributed by atoms with Crippen molar-refractivity contribution < 1.29 is 14.7 Å². The molecule has 188 valence electrons. The van der Waals surface area contributed by atoms with Crippen LogP contribution < -0.4 is 22.3 Å². The van der Waals surface area contributed by atoms with E-state index >= 15 is 0 Å².